The summed E-state index contributed by atoms with van der Waals surface area (Å²) in [7, 11) is 0. The van der Waals surface area contributed by atoms with Crippen LogP contribution in [-0.4, -0.2) is 52.8 Å². The average molecular weight is 297 g/mol. The highest BCUT2D eigenvalue weighted by atomic mass is 16.3. The van der Waals surface area contributed by atoms with Gasteiger partial charge in [-0.2, -0.15) is 15.0 Å². The van der Waals surface area contributed by atoms with Crippen LogP contribution in [0, 0.1) is 0 Å². The Labute approximate surface area is 126 Å². The van der Waals surface area contributed by atoms with Crippen LogP contribution in [-0.2, 0) is 0 Å². The van der Waals surface area contributed by atoms with Gasteiger partial charge in [0.2, 0.25) is 17.8 Å². The summed E-state index contributed by atoms with van der Waals surface area (Å²) in [6.45, 7) is 9.17. The SMILES string of the molecule is CCCCN(CCO)c1nc(NN)nc(N(CC)CC)n1. The molecule has 1 rings (SSSR count). The molecule has 0 unspecified atom stereocenters. The van der Waals surface area contributed by atoms with E-state index in [9.17, 15) is 5.11 Å². The molecule has 0 fully saturated rings. The summed E-state index contributed by atoms with van der Waals surface area (Å²) in [5, 5.41) is 9.23. The number of hydrazine groups is 1. The molecule has 0 aliphatic rings. The van der Waals surface area contributed by atoms with E-state index in [1.54, 1.807) is 0 Å². The van der Waals surface area contributed by atoms with Gasteiger partial charge in [0.1, 0.15) is 0 Å². The number of rotatable bonds is 10. The van der Waals surface area contributed by atoms with Gasteiger partial charge in [0.25, 0.3) is 0 Å². The van der Waals surface area contributed by atoms with E-state index < -0.39 is 0 Å². The summed E-state index contributed by atoms with van der Waals surface area (Å²) in [6, 6.07) is 0. The molecule has 0 aromatic carbocycles. The molecule has 21 heavy (non-hydrogen) atoms. The third kappa shape index (κ3) is 4.98. The van der Waals surface area contributed by atoms with E-state index in [1.165, 1.54) is 0 Å². The molecule has 0 spiro atoms. The zero-order chi connectivity index (χ0) is 15.7. The highest BCUT2D eigenvalue weighted by molar-refractivity contribution is 5.44. The van der Waals surface area contributed by atoms with Crippen molar-refractivity contribution in [3.05, 3.63) is 0 Å². The molecule has 0 saturated heterocycles. The Kier molecular flexibility index (Phi) is 7.70. The number of aromatic nitrogens is 3. The minimum Gasteiger partial charge on any atom is -0.395 e. The second kappa shape index (κ2) is 9.30. The van der Waals surface area contributed by atoms with E-state index in [4.69, 9.17) is 5.84 Å². The standard InChI is InChI=1S/C13H27N7O/c1-4-7-8-20(9-10-21)13-16-11(18-14)15-12(17-13)19(5-2)6-3/h21H,4-10,14H2,1-3H3,(H,15,16,17,18). The number of hydrogen-bond donors (Lipinski definition) is 3. The van der Waals surface area contributed by atoms with Crippen LogP contribution < -0.4 is 21.1 Å². The zero-order valence-electron chi connectivity index (χ0n) is 13.2. The molecule has 0 radical (unpaired) electrons. The number of nitrogens with two attached hydrogens (primary N) is 1. The molecule has 0 aliphatic heterocycles. The molecule has 1 heterocycles. The topological polar surface area (TPSA) is 103 Å². The number of hydrogen-bond acceptors (Lipinski definition) is 8. The van der Waals surface area contributed by atoms with E-state index in [2.05, 4.69) is 27.3 Å². The lowest BCUT2D eigenvalue weighted by Crippen LogP contribution is -2.32. The minimum atomic E-state index is 0.0569. The number of anilines is 3. The Hall–Kier alpha value is -1.67. The number of nitrogens with one attached hydrogen (secondary N) is 1. The van der Waals surface area contributed by atoms with Gasteiger partial charge in [0.05, 0.1) is 6.61 Å². The molecule has 0 bridgehead atoms. The summed E-state index contributed by atoms with van der Waals surface area (Å²) < 4.78 is 0. The van der Waals surface area contributed by atoms with Gasteiger partial charge in [0.15, 0.2) is 0 Å². The second-order valence-electron chi connectivity index (χ2n) is 4.64. The van der Waals surface area contributed by atoms with E-state index in [0.717, 1.165) is 32.5 Å². The van der Waals surface area contributed by atoms with Gasteiger partial charge in [-0.05, 0) is 20.3 Å². The van der Waals surface area contributed by atoms with Crippen LogP contribution in [0.3, 0.4) is 0 Å². The van der Waals surface area contributed by atoms with Gasteiger partial charge in [0, 0.05) is 26.2 Å². The Morgan fingerprint density at radius 3 is 2.10 bits per heavy atom. The van der Waals surface area contributed by atoms with Crippen molar-refractivity contribution in [2.45, 2.75) is 33.6 Å². The third-order valence-electron chi connectivity index (χ3n) is 3.22. The molecular formula is C13H27N7O. The monoisotopic (exact) mass is 297 g/mol. The third-order valence-corrected chi connectivity index (χ3v) is 3.22. The van der Waals surface area contributed by atoms with Crippen molar-refractivity contribution < 1.29 is 5.11 Å². The van der Waals surface area contributed by atoms with Crippen molar-refractivity contribution in [1.29, 1.82) is 0 Å². The fourth-order valence-electron chi connectivity index (χ4n) is 1.99. The van der Waals surface area contributed by atoms with Gasteiger partial charge in [-0.1, -0.05) is 13.3 Å². The van der Waals surface area contributed by atoms with Gasteiger partial charge in [-0.3, -0.25) is 5.43 Å². The highest BCUT2D eigenvalue weighted by Crippen LogP contribution is 2.16. The van der Waals surface area contributed by atoms with Gasteiger partial charge < -0.3 is 14.9 Å². The van der Waals surface area contributed by atoms with Crippen LogP contribution in [0.15, 0.2) is 0 Å². The van der Waals surface area contributed by atoms with Crippen LogP contribution in [0.4, 0.5) is 17.8 Å². The van der Waals surface area contributed by atoms with Crippen LogP contribution >= 0.6 is 0 Å². The zero-order valence-corrected chi connectivity index (χ0v) is 13.2. The molecule has 1 aromatic heterocycles. The number of nitrogen functional groups attached to an aromatic ring is 1. The first-order valence-corrected chi connectivity index (χ1v) is 7.53. The van der Waals surface area contributed by atoms with Crippen molar-refractivity contribution in [3.63, 3.8) is 0 Å². The van der Waals surface area contributed by atoms with Crippen LogP contribution in [0.1, 0.15) is 33.6 Å². The quantitative estimate of drug-likeness (QED) is 0.426. The molecule has 8 heteroatoms. The minimum absolute atomic E-state index is 0.0569. The fraction of sp³-hybridized carbons (Fsp3) is 0.769. The smallest absolute Gasteiger partial charge is 0.243 e. The van der Waals surface area contributed by atoms with E-state index in [-0.39, 0.29) is 6.61 Å². The molecule has 0 atom stereocenters. The molecule has 1 aromatic rings. The predicted octanol–water partition coefficient (Wildman–Crippen LogP) is 0.602. The fourth-order valence-corrected chi connectivity index (χ4v) is 1.99. The summed E-state index contributed by atoms with van der Waals surface area (Å²) in [5.41, 5.74) is 2.49. The van der Waals surface area contributed by atoms with E-state index >= 15 is 0 Å². The summed E-state index contributed by atoms with van der Waals surface area (Å²) in [6.07, 6.45) is 2.08. The lowest BCUT2D eigenvalue weighted by molar-refractivity contribution is 0.301. The Bertz CT molecular complexity index is 412. The van der Waals surface area contributed by atoms with Gasteiger partial charge >= 0.3 is 0 Å². The number of aliphatic hydroxyl groups is 1. The average Bonchev–Trinajstić information content (AvgIpc) is 2.52. The highest BCUT2D eigenvalue weighted by Gasteiger charge is 2.15. The van der Waals surface area contributed by atoms with Crippen LogP contribution in [0.25, 0.3) is 0 Å². The molecule has 120 valence electrons. The van der Waals surface area contributed by atoms with E-state index in [0.29, 0.717) is 24.4 Å². The van der Waals surface area contributed by atoms with Crippen LogP contribution in [0.2, 0.25) is 0 Å². The number of aliphatic hydroxyl groups excluding tert-OH is 1. The van der Waals surface area contributed by atoms with E-state index in [1.807, 2.05) is 23.6 Å². The molecule has 4 N–H and O–H groups in total. The Morgan fingerprint density at radius 1 is 1.00 bits per heavy atom. The normalized spacial score (nSPS) is 10.5. The van der Waals surface area contributed by atoms with Crippen molar-refractivity contribution in [2.75, 3.05) is 48.0 Å². The lowest BCUT2D eigenvalue weighted by Gasteiger charge is -2.24. The van der Waals surface area contributed by atoms with Gasteiger partial charge in [-0.25, -0.2) is 5.84 Å². The lowest BCUT2D eigenvalue weighted by atomic mass is 10.3. The first-order valence-electron chi connectivity index (χ1n) is 7.53. The van der Waals surface area contributed by atoms with Crippen molar-refractivity contribution in [1.82, 2.24) is 15.0 Å². The summed E-state index contributed by atoms with van der Waals surface area (Å²) >= 11 is 0. The maximum Gasteiger partial charge on any atom is 0.243 e. The summed E-state index contributed by atoms with van der Waals surface area (Å²) in [4.78, 5) is 17.1. The molecular weight excluding hydrogens is 270 g/mol. The van der Waals surface area contributed by atoms with Crippen molar-refractivity contribution >= 4 is 17.8 Å². The summed E-state index contributed by atoms with van der Waals surface area (Å²) in [5.74, 6) is 6.93. The van der Waals surface area contributed by atoms with Gasteiger partial charge in [-0.15, -0.1) is 0 Å². The first kappa shape index (κ1) is 17.4. The maximum atomic E-state index is 9.23. The number of unbranched alkanes of at least 4 members (excludes halogenated alkanes) is 1. The predicted molar refractivity (Wildman–Crippen MR) is 85.4 cm³/mol. The first-order chi connectivity index (χ1) is 10.2. The van der Waals surface area contributed by atoms with Crippen molar-refractivity contribution in [2.24, 2.45) is 5.84 Å². The Morgan fingerprint density at radius 2 is 1.62 bits per heavy atom. The largest absolute Gasteiger partial charge is 0.395 e. The Balaban J connectivity index is 3.09. The molecule has 0 aliphatic carbocycles. The number of nitrogens with zero attached hydrogens (tertiary/aromatic N) is 5. The molecule has 8 nitrogen and oxygen atoms in total. The molecule has 0 amide bonds. The molecule has 0 saturated carbocycles. The van der Waals surface area contributed by atoms with Crippen molar-refractivity contribution in [3.8, 4) is 0 Å². The second-order valence-corrected chi connectivity index (χ2v) is 4.64. The maximum absolute atomic E-state index is 9.23. The van der Waals surface area contributed by atoms with Crippen LogP contribution in [0.5, 0.6) is 0 Å².